The van der Waals surface area contributed by atoms with Crippen LogP contribution in [0.4, 0.5) is 0 Å². The first-order valence-electron chi connectivity index (χ1n) is 41.4. The van der Waals surface area contributed by atoms with E-state index in [0.29, 0.717) is 102 Å². The van der Waals surface area contributed by atoms with Crippen molar-refractivity contribution in [2.75, 3.05) is 13.7 Å². The summed E-state index contributed by atoms with van der Waals surface area (Å²) in [4.78, 5) is 0. The van der Waals surface area contributed by atoms with Gasteiger partial charge in [0, 0.05) is 13.7 Å². The fraction of sp³-hybridized carbons (Fsp3) is 1.00. The predicted molar refractivity (Wildman–Crippen MR) is 466 cm³/mol. The van der Waals surface area contributed by atoms with Gasteiger partial charge in [-0.25, -0.2) is 0 Å². The number of methoxy groups -OCH3 is 1. The molecule has 0 aromatic carbocycles. The molecule has 1 N–H and O–H groups in total. The molecule has 0 aromatic rings. The van der Waals surface area contributed by atoms with Crippen LogP contribution in [0.3, 0.4) is 0 Å². The van der Waals surface area contributed by atoms with Crippen LogP contribution in [-0.2, 0) is 14.2 Å². The van der Waals surface area contributed by atoms with E-state index in [9.17, 15) is 0 Å². The van der Waals surface area contributed by atoms with Crippen molar-refractivity contribution in [3.63, 3.8) is 0 Å². The third kappa shape index (κ3) is 92.0. The molecule has 0 radical (unpaired) electrons. The maximum Gasteiger partial charge on any atom is 0.0580 e. The molecule has 4 nitrogen and oxygen atoms in total. The Morgan fingerprint density at radius 1 is 0.283 bits per heavy atom. The summed E-state index contributed by atoms with van der Waals surface area (Å²) in [6, 6.07) is 0. The molecule has 0 saturated heterocycles. The second-order valence-electron chi connectivity index (χ2n) is 45.1. The quantitative estimate of drug-likeness (QED) is 0.167. The van der Waals surface area contributed by atoms with Crippen LogP contribution < -0.4 is 0 Å². The minimum Gasteiger partial charge on any atom is -0.393 e. The third-order valence-electron chi connectivity index (χ3n) is 21.5. The Hall–Kier alpha value is -0.160. The van der Waals surface area contributed by atoms with Gasteiger partial charge in [-0.05, 0) is 198 Å². The van der Waals surface area contributed by atoms with Crippen LogP contribution in [0.1, 0.15) is 447 Å². The Kier molecular flexibility index (Phi) is 70.6. The lowest BCUT2D eigenvalue weighted by atomic mass is 9.76. The van der Waals surface area contributed by atoms with E-state index in [4.69, 9.17) is 19.3 Å². The van der Waals surface area contributed by atoms with Gasteiger partial charge in [0.15, 0.2) is 0 Å². The molecule has 0 aliphatic carbocycles. The summed E-state index contributed by atoms with van der Waals surface area (Å²) in [5.41, 5.74) is 4.86. The summed E-state index contributed by atoms with van der Waals surface area (Å²) in [6.07, 6.45) is 9.13. The predicted octanol–water partition coefficient (Wildman–Crippen LogP) is 33.1. The first-order valence-corrected chi connectivity index (χ1v) is 41.4. The second-order valence-corrected chi connectivity index (χ2v) is 45.1. The van der Waals surface area contributed by atoms with E-state index in [1.807, 2.05) is 13.8 Å². The molecule has 0 unspecified atom stereocenters. The van der Waals surface area contributed by atoms with Gasteiger partial charge in [-0.2, -0.15) is 0 Å². The average Bonchev–Trinajstić information content (AvgIpc) is 0.908. The fourth-order valence-electron chi connectivity index (χ4n) is 10.4. The van der Waals surface area contributed by atoms with Crippen LogP contribution in [0.5, 0.6) is 0 Å². The summed E-state index contributed by atoms with van der Waals surface area (Å²) in [5.74, 6) is 8.83. The van der Waals surface area contributed by atoms with E-state index in [0.717, 1.165) is 54.0 Å². The normalized spacial score (nSPS) is 16.3. The van der Waals surface area contributed by atoms with Crippen molar-refractivity contribution in [3.05, 3.63) is 0 Å². The van der Waals surface area contributed by atoms with Gasteiger partial charge < -0.3 is 19.3 Å². The first kappa shape index (κ1) is 123. The number of hydrogen-bond donors (Lipinski definition) is 1. The monoisotopic (exact) mass is 1420 g/mol. The SMILES string of the molecule is CC(C)CC(C)(C)C.CC(C)CC(C)(C)C.CC(C)O[C@@H](C)[C@H](C)C(C)(C)C.CC(C)[C@@H](C)C(C)(C)C.CC(C)[C@H](C)C(C)(C)C.CCCC(C)(C)C.CCO[C@H](C)[C@H](C)C(C)(C)C.CC[C@@H](C)C(C)(C)C.CC[C@H](C)C(C)(C)C.CO[C@H](C)[C@H](C)C(C)(C)C.C[C@@H](O)[C@H](C)C(C)(C)C. The van der Waals surface area contributed by atoms with E-state index >= 15 is 0 Å². The molecule has 0 aromatic heterocycles. The Morgan fingerprint density at radius 3 is 0.586 bits per heavy atom. The van der Waals surface area contributed by atoms with Crippen molar-refractivity contribution in [3.8, 4) is 0 Å². The third-order valence-corrected chi connectivity index (χ3v) is 21.5. The molecule has 99 heavy (non-hydrogen) atoms. The smallest absolute Gasteiger partial charge is 0.0580 e. The van der Waals surface area contributed by atoms with Crippen molar-refractivity contribution in [2.45, 2.75) is 478 Å². The summed E-state index contributed by atoms with van der Waals surface area (Å²) < 4.78 is 16.5. The number of hydrogen-bond acceptors (Lipinski definition) is 4. The van der Waals surface area contributed by atoms with Gasteiger partial charge >= 0.3 is 0 Å². The Morgan fingerprint density at radius 2 is 0.515 bits per heavy atom. The number of ether oxygens (including phenoxy) is 3. The molecule has 0 saturated carbocycles. The highest BCUT2D eigenvalue weighted by Gasteiger charge is 2.29. The van der Waals surface area contributed by atoms with Gasteiger partial charge in [0.1, 0.15) is 0 Å². The lowest BCUT2D eigenvalue weighted by molar-refractivity contribution is -0.0383. The Bertz CT molecular complexity index is 1590. The largest absolute Gasteiger partial charge is 0.393 e. The summed E-state index contributed by atoms with van der Waals surface area (Å²) in [5, 5.41) is 9.16. The summed E-state index contributed by atoms with van der Waals surface area (Å²) >= 11 is 0. The lowest BCUT2D eigenvalue weighted by Gasteiger charge is -2.33. The van der Waals surface area contributed by atoms with Gasteiger partial charge in [-0.15, -0.1) is 0 Å². The molecular formula is C95H212O4. The molecule has 0 heterocycles. The van der Waals surface area contributed by atoms with E-state index in [-0.39, 0.29) is 11.5 Å². The van der Waals surface area contributed by atoms with Crippen LogP contribution >= 0.6 is 0 Å². The molecule has 0 amide bonds. The fourth-order valence-corrected chi connectivity index (χ4v) is 10.4. The van der Waals surface area contributed by atoms with Crippen molar-refractivity contribution < 1.29 is 19.3 Å². The molecule has 0 bridgehead atoms. The standard InChI is InChI=1S/C11H24O.C10H22O.C9H20O.2C9H20.C8H18O.4C8H18.C7H16/c1-8(2)12-10(4)9(3)11(5,6)7;1-7-11-9(3)8(2)10(4,5)6;1-7(8(2)10-6)9(3,4)5;2*1-7(2)8(3)9(4,5)6;1-6(7(2)9)8(3,4)5;2*1-7(2)6-8(3,4)5;2*1-6-7(2)8(3,4)5;1-5-6-7(2,3)4/h8-10H,1-7H3;8-9H,7H2,1-6H3;7-8H,1-6H3;2*7-8H,1-6H3;6-7,9H,1-5H3;4*7H,6H2,1-5H3;5-6H2,1-4H3/t9-,10-;8-,9+;7-,8+;2*8-;6-,7+;;;2*7-;/m000100..10./s1. The second kappa shape index (κ2) is 57.0. The Balaban J connectivity index is -0.0000000959. The zero-order valence-corrected chi connectivity index (χ0v) is 81.9. The maximum atomic E-state index is 9.16. The van der Waals surface area contributed by atoms with E-state index in [1.165, 1.54) is 38.5 Å². The van der Waals surface area contributed by atoms with Crippen LogP contribution in [0, 0.1) is 131 Å². The van der Waals surface area contributed by atoms with Crippen LogP contribution in [0.15, 0.2) is 0 Å². The molecule has 616 valence electrons. The molecule has 0 fully saturated rings. The topological polar surface area (TPSA) is 47.9 Å². The summed E-state index contributed by atoms with van der Waals surface area (Å²) in [7, 11) is 1.77. The van der Waals surface area contributed by atoms with Gasteiger partial charge in [0.25, 0.3) is 0 Å². The average molecular weight is 1420 g/mol. The van der Waals surface area contributed by atoms with E-state index in [1.54, 1.807) is 7.11 Å². The number of aliphatic hydroxyl groups excluding tert-OH is 1. The van der Waals surface area contributed by atoms with E-state index in [2.05, 4.69) is 395 Å². The maximum absolute atomic E-state index is 9.16. The molecule has 0 spiro atoms. The minimum absolute atomic E-state index is 0.190. The molecule has 0 aliphatic heterocycles. The number of aliphatic hydroxyl groups is 1. The molecular weight excluding hydrogens is 1210 g/mol. The Labute approximate surface area is 637 Å². The van der Waals surface area contributed by atoms with Crippen LogP contribution in [0.25, 0.3) is 0 Å². The highest BCUT2D eigenvalue weighted by Crippen LogP contribution is 2.35. The first-order chi connectivity index (χ1) is 43.0. The van der Waals surface area contributed by atoms with Gasteiger partial charge in [0.05, 0.1) is 30.5 Å². The van der Waals surface area contributed by atoms with Crippen LogP contribution in [0.2, 0.25) is 0 Å². The highest BCUT2D eigenvalue weighted by atomic mass is 16.5. The van der Waals surface area contributed by atoms with Gasteiger partial charge in [0.2, 0.25) is 0 Å². The van der Waals surface area contributed by atoms with Crippen molar-refractivity contribution in [2.24, 2.45) is 131 Å². The zero-order chi connectivity index (χ0) is 83.4. The molecule has 0 aliphatic rings. The van der Waals surface area contributed by atoms with Gasteiger partial charge in [-0.3, -0.25) is 0 Å². The van der Waals surface area contributed by atoms with Crippen molar-refractivity contribution in [1.82, 2.24) is 0 Å². The van der Waals surface area contributed by atoms with Gasteiger partial charge in [-0.1, -0.05) is 379 Å². The summed E-state index contributed by atoms with van der Waals surface area (Å²) in [6.45, 7) is 133. The van der Waals surface area contributed by atoms with E-state index < -0.39 is 0 Å². The molecule has 4 heteroatoms. The van der Waals surface area contributed by atoms with Crippen molar-refractivity contribution in [1.29, 1.82) is 0 Å². The van der Waals surface area contributed by atoms with Crippen LogP contribution in [-0.4, -0.2) is 49.3 Å². The lowest BCUT2D eigenvalue weighted by Crippen LogP contribution is -2.31. The molecule has 0 rings (SSSR count). The van der Waals surface area contributed by atoms with Crippen molar-refractivity contribution >= 4 is 0 Å². The minimum atomic E-state index is -0.190. The number of rotatable bonds is 16. The molecule has 12 atom stereocenters. The highest BCUT2D eigenvalue weighted by molar-refractivity contribution is 4.79. The zero-order valence-electron chi connectivity index (χ0n) is 81.9.